The molecule has 0 aromatic carbocycles. The van der Waals surface area contributed by atoms with Gasteiger partial charge in [-0.05, 0) is 55.3 Å². The molecule has 0 spiro atoms. The van der Waals surface area contributed by atoms with Gasteiger partial charge in [0.25, 0.3) is 0 Å². The van der Waals surface area contributed by atoms with Gasteiger partial charge in [-0.15, -0.1) is 11.3 Å². The van der Waals surface area contributed by atoms with Crippen molar-refractivity contribution in [3.05, 3.63) is 20.8 Å². The van der Waals surface area contributed by atoms with Gasteiger partial charge in [-0.1, -0.05) is 0 Å². The van der Waals surface area contributed by atoms with Crippen LogP contribution in [0.2, 0.25) is 0 Å². The highest BCUT2D eigenvalue weighted by Gasteiger charge is 2.07. The summed E-state index contributed by atoms with van der Waals surface area (Å²) < 4.78 is 1.22. The zero-order valence-electron chi connectivity index (χ0n) is 8.36. The van der Waals surface area contributed by atoms with Crippen LogP contribution in [0, 0.1) is 0 Å². The third kappa shape index (κ3) is 4.79. The first kappa shape index (κ1) is 11.2. The average molecular weight is 262 g/mol. The Morgan fingerprint density at radius 2 is 2.08 bits per heavy atom. The highest BCUT2D eigenvalue weighted by Crippen LogP contribution is 2.22. The molecule has 0 unspecified atom stereocenters. The molecule has 13 heavy (non-hydrogen) atoms. The van der Waals surface area contributed by atoms with E-state index in [1.807, 2.05) is 11.3 Å². The van der Waals surface area contributed by atoms with E-state index in [0.717, 1.165) is 13.0 Å². The van der Waals surface area contributed by atoms with Crippen LogP contribution in [0.4, 0.5) is 0 Å². The molecule has 0 saturated heterocycles. The van der Waals surface area contributed by atoms with Crippen molar-refractivity contribution in [2.24, 2.45) is 0 Å². The minimum Gasteiger partial charge on any atom is -0.312 e. The second kappa shape index (κ2) is 4.58. The van der Waals surface area contributed by atoms with Gasteiger partial charge in [-0.3, -0.25) is 0 Å². The fourth-order valence-corrected chi connectivity index (χ4v) is 2.53. The number of hydrogen-bond acceptors (Lipinski definition) is 2. The molecule has 0 saturated carbocycles. The van der Waals surface area contributed by atoms with Crippen molar-refractivity contribution in [1.29, 1.82) is 0 Å². The van der Waals surface area contributed by atoms with Crippen LogP contribution in [-0.4, -0.2) is 12.1 Å². The van der Waals surface area contributed by atoms with Crippen molar-refractivity contribution >= 4 is 27.3 Å². The Labute approximate surface area is 92.7 Å². The molecule has 0 bridgehead atoms. The predicted molar refractivity (Wildman–Crippen MR) is 63.5 cm³/mol. The second-order valence-electron chi connectivity index (χ2n) is 4.13. The Balaban J connectivity index is 2.28. The van der Waals surface area contributed by atoms with Gasteiger partial charge in [-0.25, -0.2) is 0 Å². The fraction of sp³-hybridized carbons (Fsp3) is 0.600. The first-order valence-electron chi connectivity index (χ1n) is 4.47. The van der Waals surface area contributed by atoms with Gasteiger partial charge in [0.2, 0.25) is 0 Å². The lowest BCUT2D eigenvalue weighted by Crippen LogP contribution is -2.36. The van der Waals surface area contributed by atoms with Crippen LogP contribution in [0.3, 0.4) is 0 Å². The Morgan fingerprint density at radius 1 is 1.38 bits per heavy atom. The van der Waals surface area contributed by atoms with Crippen LogP contribution < -0.4 is 5.32 Å². The van der Waals surface area contributed by atoms with Crippen LogP contribution >= 0.6 is 27.3 Å². The van der Waals surface area contributed by atoms with E-state index in [2.05, 4.69) is 54.2 Å². The maximum absolute atomic E-state index is 3.47. The third-order valence-electron chi connectivity index (χ3n) is 1.66. The van der Waals surface area contributed by atoms with Crippen LogP contribution in [0.25, 0.3) is 0 Å². The minimum atomic E-state index is 0.231. The molecule has 1 aromatic rings. The van der Waals surface area contributed by atoms with E-state index in [4.69, 9.17) is 0 Å². The molecule has 1 heterocycles. The highest BCUT2D eigenvalue weighted by atomic mass is 79.9. The van der Waals surface area contributed by atoms with E-state index >= 15 is 0 Å². The molecule has 0 aliphatic heterocycles. The monoisotopic (exact) mass is 261 g/mol. The molecule has 0 radical (unpaired) electrons. The third-order valence-corrected chi connectivity index (χ3v) is 3.34. The molecule has 0 aliphatic rings. The first-order valence-corrected chi connectivity index (χ1v) is 6.07. The molecular weight excluding hydrogens is 246 g/mol. The summed E-state index contributed by atoms with van der Waals surface area (Å²) in [6.45, 7) is 7.63. The SMILES string of the molecule is CC(C)(C)NCCc1ccc(Br)s1. The molecule has 1 N–H and O–H groups in total. The van der Waals surface area contributed by atoms with E-state index in [1.54, 1.807) is 0 Å². The van der Waals surface area contributed by atoms with Crippen LogP contribution in [0.5, 0.6) is 0 Å². The van der Waals surface area contributed by atoms with Gasteiger partial charge in [0, 0.05) is 17.0 Å². The summed E-state index contributed by atoms with van der Waals surface area (Å²) in [5, 5.41) is 3.47. The molecule has 0 amide bonds. The Hall–Kier alpha value is 0.140. The van der Waals surface area contributed by atoms with Crippen molar-refractivity contribution in [2.45, 2.75) is 32.7 Å². The van der Waals surface area contributed by atoms with Crippen molar-refractivity contribution in [2.75, 3.05) is 6.54 Å². The number of rotatable bonds is 3. The van der Waals surface area contributed by atoms with E-state index in [9.17, 15) is 0 Å². The van der Waals surface area contributed by atoms with Crippen molar-refractivity contribution < 1.29 is 0 Å². The number of thiophene rings is 1. The fourth-order valence-electron chi connectivity index (χ4n) is 1.05. The molecule has 3 heteroatoms. The lowest BCUT2D eigenvalue weighted by atomic mass is 10.1. The Morgan fingerprint density at radius 3 is 2.54 bits per heavy atom. The van der Waals surface area contributed by atoms with Gasteiger partial charge in [0.1, 0.15) is 0 Å². The predicted octanol–water partition coefficient (Wildman–Crippen LogP) is 3.44. The van der Waals surface area contributed by atoms with Crippen molar-refractivity contribution in [1.82, 2.24) is 5.32 Å². The van der Waals surface area contributed by atoms with Crippen LogP contribution in [0.15, 0.2) is 15.9 Å². The standard InChI is InChI=1S/C10H16BrNS/c1-10(2,3)12-7-6-8-4-5-9(11)13-8/h4-5,12H,6-7H2,1-3H3. The van der Waals surface area contributed by atoms with Gasteiger partial charge in [0.15, 0.2) is 0 Å². The van der Waals surface area contributed by atoms with Gasteiger partial charge < -0.3 is 5.32 Å². The maximum atomic E-state index is 3.47. The summed E-state index contributed by atoms with van der Waals surface area (Å²) in [4.78, 5) is 1.43. The summed E-state index contributed by atoms with van der Waals surface area (Å²) in [5.74, 6) is 0. The maximum Gasteiger partial charge on any atom is 0.0701 e. The molecule has 0 aliphatic carbocycles. The summed E-state index contributed by atoms with van der Waals surface area (Å²) in [6, 6.07) is 4.29. The largest absolute Gasteiger partial charge is 0.312 e. The normalized spacial score (nSPS) is 12.0. The second-order valence-corrected chi connectivity index (χ2v) is 6.68. The van der Waals surface area contributed by atoms with Crippen LogP contribution in [-0.2, 0) is 6.42 Å². The minimum absolute atomic E-state index is 0.231. The van der Waals surface area contributed by atoms with E-state index in [1.165, 1.54) is 8.66 Å². The van der Waals surface area contributed by atoms with E-state index in [0.29, 0.717) is 0 Å². The molecule has 1 rings (SSSR count). The highest BCUT2D eigenvalue weighted by molar-refractivity contribution is 9.11. The number of nitrogens with one attached hydrogen (secondary N) is 1. The quantitative estimate of drug-likeness (QED) is 0.879. The van der Waals surface area contributed by atoms with Gasteiger partial charge >= 0.3 is 0 Å². The molecule has 0 atom stereocenters. The van der Waals surface area contributed by atoms with Crippen molar-refractivity contribution in [3.8, 4) is 0 Å². The zero-order chi connectivity index (χ0) is 9.90. The zero-order valence-corrected chi connectivity index (χ0v) is 10.8. The number of hydrogen-bond donors (Lipinski definition) is 1. The summed E-state index contributed by atoms with van der Waals surface area (Å²) in [7, 11) is 0. The molecule has 1 aromatic heterocycles. The summed E-state index contributed by atoms with van der Waals surface area (Å²) >= 11 is 5.28. The first-order chi connectivity index (χ1) is 5.97. The average Bonchev–Trinajstić information content (AvgIpc) is 2.33. The Bertz CT molecular complexity index is 262. The molecule has 74 valence electrons. The lowest BCUT2D eigenvalue weighted by molar-refractivity contribution is 0.430. The number of halogens is 1. The van der Waals surface area contributed by atoms with E-state index < -0.39 is 0 Å². The van der Waals surface area contributed by atoms with Crippen LogP contribution in [0.1, 0.15) is 25.6 Å². The molecule has 1 nitrogen and oxygen atoms in total. The summed E-state index contributed by atoms with van der Waals surface area (Å²) in [5.41, 5.74) is 0.231. The van der Waals surface area contributed by atoms with Gasteiger partial charge in [-0.2, -0.15) is 0 Å². The molecule has 0 fully saturated rings. The summed E-state index contributed by atoms with van der Waals surface area (Å²) in [6.07, 6.45) is 1.12. The topological polar surface area (TPSA) is 12.0 Å². The smallest absolute Gasteiger partial charge is 0.0701 e. The van der Waals surface area contributed by atoms with E-state index in [-0.39, 0.29) is 5.54 Å². The Kier molecular flexibility index (Phi) is 3.95. The van der Waals surface area contributed by atoms with Crippen molar-refractivity contribution in [3.63, 3.8) is 0 Å². The lowest BCUT2D eigenvalue weighted by Gasteiger charge is -2.19. The van der Waals surface area contributed by atoms with Gasteiger partial charge in [0.05, 0.1) is 3.79 Å². The molecular formula is C10H16BrNS.